The number of ether oxygens (including phenoxy) is 1. The molecule has 0 saturated carbocycles. The second kappa shape index (κ2) is 10.4. The molecule has 1 N–H and O–H groups in total. The van der Waals surface area contributed by atoms with Gasteiger partial charge in [-0.1, -0.05) is 18.2 Å². The first kappa shape index (κ1) is 24.1. The van der Waals surface area contributed by atoms with Crippen LogP contribution in [0.5, 0.6) is 11.5 Å². The summed E-state index contributed by atoms with van der Waals surface area (Å²) in [6.07, 6.45) is 1.33. The van der Waals surface area contributed by atoms with Gasteiger partial charge in [0.05, 0.1) is 15.5 Å². The minimum absolute atomic E-state index is 0.0111. The summed E-state index contributed by atoms with van der Waals surface area (Å²) in [5, 5.41) is 43.0. The standard InChI is InChI=1S/C24H15N5O6/c1-15-2-5-20(29(33)34)12-22(15)27-24(30)18(14-26)10-16-3-7-21(8-4-16)35-23-9-6-19(28(31)32)11-17(23)13-25/h2-12H,1H3,(H,27,30)/b18-10+. The van der Waals surface area contributed by atoms with Crippen LogP contribution in [0.1, 0.15) is 16.7 Å². The van der Waals surface area contributed by atoms with Crippen molar-refractivity contribution < 1.29 is 19.4 Å². The van der Waals surface area contributed by atoms with E-state index in [9.17, 15) is 35.5 Å². The molecule has 3 rings (SSSR count). The van der Waals surface area contributed by atoms with Crippen LogP contribution in [0.2, 0.25) is 0 Å². The molecule has 0 saturated heterocycles. The summed E-state index contributed by atoms with van der Waals surface area (Å²) in [6, 6.07) is 17.5. The van der Waals surface area contributed by atoms with Crippen molar-refractivity contribution in [1.29, 1.82) is 10.5 Å². The zero-order valence-corrected chi connectivity index (χ0v) is 18.1. The predicted octanol–water partition coefficient (Wildman–Crippen LogP) is 5.02. The van der Waals surface area contributed by atoms with Crippen LogP contribution in [0.25, 0.3) is 6.08 Å². The summed E-state index contributed by atoms with van der Waals surface area (Å²) < 4.78 is 5.63. The van der Waals surface area contributed by atoms with Gasteiger partial charge in [0, 0.05) is 24.3 Å². The topological polar surface area (TPSA) is 172 Å². The maximum atomic E-state index is 12.6. The summed E-state index contributed by atoms with van der Waals surface area (Å²) in [4.78, 5) is 33.2. The Morgan fingerprint density at radius 1 is 0.971 bits per heavy atom. The molecule has 0 aliphatic carbocycles. The van der Waals surface area contributed by atoms with Gasteiger partial charge >= 0.3 is 0 Å². The van der Waals surface area contributed by atoms with Crippen molar-refractivity contribution >= 4 is 29.0 Å². The average Bonchev–Trinajstić information content (AvgIpc) is 2.84. The molecule has 11 nitrogen and oxygen atoms in total. The molecule has 3 aromatic carbocycles. The Kier molecular flexibility index (Phi) is 7.15. The number of anilines is 1. The molecule has 0 spiro atoms. The number of carbonyl (C=O) groups excluding carboxylic acids is 1. The first-order chi connectivity index (χ1) is 16.7. The van der Waals surface area contributed by atoms with Gasteiger partial charge in [0.2, 0.25) is 0 Å². The van der Waals surface area contributed by atoms with Gasteiger partial charge in [0.25, 0.3) is 17.3 Å². The van der Waals surface area contributed by atoms with Crippen molar-refractivity contribution in [2.45, 2.75) is 6.92 Å². The Hall–Kier alpha value is -5.55. The number of nitrogens with one attached hydrogen (secondary N) is 1. The first-order valence-electron chi connectivity index (χ1n) is 9.86. The first-order valence-corrected chi connectivity index (χ1v) is 9.86. The number of nitrogens with zero attached hydrogens (tertiary/aromatic N) is 4. The molecule has 0 radical (unpaired) electrons. The van der Waals surface area contributed by atoms with Gasteiger partial charge < -0.3 is 10.1 Å². The average molecular weight is 469 g/mol. The summed E-state index contributed by atoms with van der Waals surface area (Å²) >= 11 is 0. The number of non-ortho nitro benzene ring substituents is 2. The Balaban J connectivity index is 1.78. The smallest absolute Gasteiger partial charge is 0.271 e. The van der Waals surface area contributed by atoms with Crippen molar-refractivity contribution in [3.05, 3.63) is 103 Å². The lowest BCUT2D eigenvalue weighted by molar-refractivity contribution is -0.385. The quantitative estimate of drug-likeness (QED) is 0.217. The fourth-order valence-electron chi connectivity index (χ4n) is 2.93. The molecule has 0 bridgehead atoms. The number of hydrogen-bond acceptors (Lipinski definition) is 8. The third kappa shape index (κ3) is 5.83. The summed E-state index contributed by atoms with van der Waals surface area (Å²) in [7, 11) is 0. The predicted molar refractivity (Wildman–Crippen MR) is 124 cm³/mol. The highest BCUT2D eigenvalue weighted by Crippen LogP contribution is 2.29. The van der Waals surface area contributed by atoms with E-state index < -0.39 is 15.8 Å². The molecule has 35 heavy (non-hydrogen) atoms. The summed E-state index contributed by atoms with van der Waals surface area (Å²) in [6.45, 7) is 1.66. The molecular formula is C24H15N5O6. The number of nitro benzene ring substituents is 2. The molecule has 0 fully saturated rings. The molecular weight excluding hydrogens is 454 g/mol. The van der Waals surface area contributed by atoms with E-state index in [1.807, 2.05) is 6.07 Å². The van der Waals surface area contributed by atoms with Crippen molar-refractivity contribution in [3.8, 4) is 23.6 Å². The van der Waals surface area contributed by atoms with Gasteiger partial charge in [-0.15, -0.1) is 0 Å². The van der Waals surface area contributed by atoms with Crippen LogP contribution in [0.3, 0.4) is 0 Å². The van der Waals surface area contributed by atoms with Crippen molar-refractivity contribution in [2.24, 2.45) is 0 Å². The van der Waals surface area contributed by atoms with E-state index in [1.165, 1.54) is 48.5 Å². The highest BCUT2D eigenvalue weighted by Gasteiger charge is 2.15. The molecule has 0 aliphatic rings. The number of hydrogen-bond donors (Lipinski definition) is 1. The van der Waals surface area contributed by atoms with Gasteiger partial charge in [-0.05, 0) is 42.3 Å². The van der Waals surface area contributed by atoms with Crippen LogP contribution < -0.4 is 10.1 Å². The van der Waals surface area contributed by atoms with Crippen molar-refractivity contribution in [3.63, 3.8) is 0 Å². The highest BCUT2D eigenvalue weighted by atomic mass is 16.6. The van der Waals surface area contributed by atoms with E-state index in [0.29, 0.717) is 16.9 Å². The molecule has 0 heterocycles. The SMILES string of the molecule is Cc1ccc([N+](=O)[O-])cc1NC(=O)/C(C#N)=C/c1ccc(Oc2ccc([N+](=O)[O-])cc2C#N)cc1. The lowest BCUT2D eigenvalue weighted by Gasteiger charge is -2.08. The zero-order valence-electron chi connectivity index (χ0n) is 18.1. The van der Waals surface area contributed by atoms with Crippen LogP contribution in [-0.4, -0.2) is 15.8 Å². The Bertz CT molecular complexity index is 1450. The van der Waals surface area contributed by atoms with E-state index in [1.54, 1.807) is 25.1 Å². The molecule has 1 amide bonds. The second-order valence-corrected chi connectivity index (χ2v) is 7.10. The fourth-order valence-corrected chi connectivity index (χ4v) is 2.93. The van der Waals surface area contributed by atoms with Gasteiger partial charge in [-0.3, -0.25) is 25.0 Å². The fraction of sp³-hybridized carbons (Fsp3) is 0.0417. The minimum Gasteiger partial charge on any atom is -0.456 e. The molecule has 0 atom stereocenters. The molecule has 172 valence electrons. The van der Waals surface area contributed by atoms with E-state index in [2.05, 4.69) is 5.32 Å². The number of nitriles is 2. The largest absolute Gasteiger partial charge is 0.456 e. The normalized spacial score (nSPS) is 10.5. The van der Waals surface area contributed by atoms with Gasteiger partial charge in [0.1, 0.15) is 34.8 Å². The Labute approximate surface area is 198 Å². The van der Waals surface area contributed by atoms with Gasteiger partial charge in [0.15, 0.2) is 0 Å². The minimum atomic E-state index is -0.735. The molecule has 0 aliphatic heterocycles. The third-order valence-corrected chi connectivity index (χ3v) is 4.76. The van der Waals surface area contributed by atoms with E-state index in [4.69, 9.17) is 4.74 Å². The van der Waals surface area contributed by atoms with Crippen molar-refractivity contribution in [1.82, 2.24) is 0 Å². The number of rotatable bonds is 7. The summed E-state index contributed by atoms with van der Waals surface area (Å²) in [5.74, 6) is -0.283. The maximum Gasteiger partial charge on any atom is 0.271 e. The van der Waals surface area contributed by atoms with Crippen molar-refractivity contribution in [2.75, 3.05) is 5.32 Å². The molecule has 0 aromatic heterocycles. The monoisotopic (exact) mass is 469 g/mol. The number of carbonyl (C=O) groups is 1. The number of amides is 1. The lowest BCUT2D eigenvalue weighted by atomic mass is 10.1. The Morgan fingerprint density at radius 3 is 2.20 bits per heavy atom. The molecule has 3 aromatic rings. The van der Waals surface area contributed by atoms with Crippen LogP contribution in [0, 0.1) is 49.8 Å². The van der Waals surface area contributed by atoms with Crippen LogP contribution in [0.4, 0.5) is 17.1 Å². The lowest BCUT2D eigenvalue weighted by Crippen LogP contribution is -2.14. The number of nitro groups is 2. The van der Waals surface area contributed by atoms with E-state index in [-0.39, 0.29) is 33.9 Å². The van der Waals surface area contributed by atoms with Crippen LogP contribution >= 0.6 is 0 Å². The van der Waals surface area contributed by atoms with Crippen LogP contribution in [-0.2, 0) is 4.79 Å². The van der Waals surface area contributed by atoms with Crippen LogP contribution in [0.15, 0.2) is 66.2 Å². The Morgan fingerprint density at radius 2 is 1.60 bits per heavy atom. The molecule has 0 unspecified atom stereocenters. The second-order valence-electron chi connectivity index (χ2n) is 7.10. The highest BCUT2D eigenvalue weighted by molar-refractivity contribution is 6.10. The number of aryl methyl sites for hydroxylation is 1. The molecule has 11 heteroatoms. The third-order valence-electron chi connectivity index (χ3n) is 4.76. The maximum absolute atomic E-state index is 12.6. The van der Waals surface area contributed by atoms with Gasteiger partial charge in [-0.2, -0.15) is 10.5 Å². The van der Waals surface area contributed by atoms with Gasteiger partial charge in [-0.25, -0.2) is 0 Å². The zero-order chi connectivity index (χ0) is 25.5. The van der Waals surface area contributed by atoms with E-state index >= 15 is 0 Å². The summed E-state index contributed by atoms with van der Waals surface area (Å²) in [5.41, 5.74) is 0.614. The van der Waals surface area contributed by atoms with E-state index in [0.717, 1.165) is 6.07 Å². The number of benzene rings is 3.